The molecule has 0 aliphatic heterocycles. The number of benzene rings is 1. The third-order valence-corrected chi connectivity index (χ3v) is 2.66. The number of hydrogen-bond donors (Lipinski definition) is 0. The van der Waals surface area contributed by atoms with Crippen LogP contribution >= 0.6 is 15.9 Å². The maximum Gasteiger partial charge on any atom is 0.124 e. The summed E-state index contributed by atoms with van der Waals surface area (Å²) in [4.78, 5) is 0. The van der Waals surface area contributed by atoms with Crippen LogP contribution in [0.1, 0.15) is 12.5 Å². The van der Waals surface area contributed by atoms with Crippen LogP contribution in [0.25, 0.3) is 0 Å². The molecule has 0 aliphatic rings. The van der Waals surface area contributed by atoms with Crippen molar-refractivity contribution in [3.63, 3.8) is 0 Å². The Bertz CT molecular complexity index is 328. The van der Waals surface area contributed by atoms with Gasteiger partial charge in [-0.2, -0.15) is 0 Å². The van der Waals surface area contributed by atoms with E-state index in [-0.39, 0.29) is 6.10 Å². The Kier molecular flexibility index (Phi) is 5.80. The van der Waals surface area contributed by atoms with Crippen molar-refractivity contribution >= 4 is 15.9 Å². The van der Waals surface area contributed by atoms with Crippen LogP contribution in [0.2, 0.25) is 0 Å². The summed E-state index contributed by atoms with van der Waals surface area (Å²) in [6, 6.07) is 5.86. The molecule has 0 amide bonds. The second-order valence-corrected chi connectivity index (χ2v) is 4.45. The SMILES string of the molecule is COCC(C)OCc1cc(Br)ccc1OC. The zero-order valence-electron chi connectivity index (χ0n) is 9.83. The standard InChI is InChI=1S/C12H17BrO3/c1-9(7-14-2)16-8-10-6-11(13)4-5-12(10)15-3/h4-6,9H,7-8H2,1-3H3. The van der Waals surface area contributed by atoms with Gasteiger partial charge in [0.05, 0.1) is 26.4 Å². The van der Waals surface area contributed by atoms with E-state index in [0.29, 0.717) is 13.2 Å². The molecule has 1 aromatic carbocycles. The van der Waals surface area contributed by atoms with E-state index >= 15 is 0 Å². The van der Waals surface area contributed by atoms with Crippen molar-refractivity contribution < 1.29 is 14.2 Å². The van der Waals surface area contributed by atoms with Crippen LogP contribution in [-0.4, -0.2) is 26.9 Å². The van der Waals surface area contributed by atoms with Crippen LogP contribution in [0.3, 0.4) is 0 Å². The van der Waals surface area contributed by atoms with Gasteiger partial charge in [0.15, 0.2) is 0 Å². The lowest BCUT2D eigenvalue weighted by Gasteiger charge is -2.14. The van der Waals surface area contributed by atoms with E-state index in [1.807, 2.05) is 25.1 Å². The Morgan fingerprint density at radius 3 is 2.69 bits per heavy atom. The monoisotopic (exact) mass is 288 g/mol. The Balaban J connectivity index is 2.61. The number of hydrogen-bond acceptors (Lipinski definition) is 3. The molecule has 0 saturated carbocycles. The summed E-state index contributed by atoms with van der Waals surface area (Å²) < 4.78 is 16.9. The highest BCUT2D eigenvalue weighted by molar-refractivity contribution is 9.10. The molecule has 0 heterocycles. The molecule has 0 bridgehead atoms. The molecule has 1 unspecified atom stereocenters. The van der Waals surface area contributed by atoms with E-state index in [2.05, 4.69) is 15.9 Å². The van der Waals surface area contributed by atoms with Gasteiger partial charge in [0.25, 0.3) is 0 Å². The van der Waals surface area contributed by atoms with Gasteiger partial charge >= 0.3 is 0 Å². The molecular weight excluding hydrogens is 272 g/mol. The summed E-state index contributed by atoms with van der Waals surface area (Å²) >= 11 is 3.43. The molecule has 4 heteroatoms. The molecule has 0 aromatic heterocycles. The first-order chi connectivity index (χ1) is 7.67. The molecule has 0 N–H and O–H groups in total. The van der Waals surface area contributed by atoms with E-state index < -0.39 is 0 Å². The fraction of sp³-hybridized carbons (Fsp3) is 0.500. The van der Waals surface area contributed by atoms with Crippen LogP contribution in [0.15, 0.2) is 22.7 Å². The van der Waals surface area contributed by atoms with Crippen molar-refractivity contribution in [1.29, 1.82) is 0 Å². The van der Waals surface area contributed by atoms with E-state index in [9.17, 15) is 0 Å². The maximum absolute atomic E-state index is 5.64. The molecule has 0 saturated heterocycles. The van der Waals surface area contributed by atoms with Gasteiger partial charge < -0.3 is 14.2 Å². The average molecular weight is 289 g/mol. The first-order valence-corrected chi connectivity index (χ1v) is 5.89. The molecule has 0 aliphatic carbocycles. The summed E-state index contributed by atoms with van der Waals surface area (Å²) in [7, 11) is 3.32. The van der Waals surface area contributed by atoms with Crippen molar-refractivity contribution in [2.45, 2.75) is 19.6 Å². The molecule has 0 spiro atoms. The lowest BCUT2D eigenvalue weighted by molar-refractivity contribution is -0.000750. The van der Waals surface area contributed by atoms with Crippen LogP contribution in [-0.2, 0) is 16.1 Å². The lowest BCUT2D eigenvalue weighted by Crippen LogP contribution is -2.14. The Labute approximate surface area is 105 Å². The van der Waals surface area contributed by atoms with Crippen molar-refractivity contribution in [3.05, 3.63) is 28.2 Å². The summed E-state index contributed by atoms with van der Waals surface area (Å²) in [6.45, 7) is 3.09. The van der Waals surface area contributed by atoms with E-state index in [1.54, 1.807) is 14.2 Å². The predicted molar refractivity (Wildman–Crippen MR) is 66.8 cm³/mol. The third kappa shape index (κ3) is 4.12. The minimum absolute atomic E-state index is 0.0775. The second kappa shape index (κ2) is 6.89. The van der Waals surface area contributed by atoms with Gasteiger partial charge in [-0.25, -0.2) is 0 Å². The maximum atomic E-state index is 5.64. The van der Waals surface area contributed by atoms with Gasteiger partial charge in [0.2, 0.25) is 0 Å². The van der Waals surface area contributed by atoms with Crippen LogP contribution < -0.4 is 4.74 Å². The molecule has 0 fully saturated rings. The van der Waals surface area contributed by atoms with E-state index in [4.69, 9.17) is 14.2 Å². The fourth-order valence-electron chi connectivity index (χ4n) is 1.37. The van der Waals surface area contributed by atoms with Gasteiger partial charge in [-0.1, -0.05) is 15.9 Å². The zero-order valence-corrected chi connectivity index (χ0v) is 11.4. The van der Waals surface area contributed by atoms with Gasteiger partial charge in [0.1, 0.15) is 5.75 Å². The number of rotatable bonds is 6. The first kappa shape index (κ1) is 13.5. The normalized spacial score (nSPS) is 12.5. The second-order valence-electron chi connectivity index (χ2n) is 3.53. The van der Waals surface area contributed by atoms with Crippen LogP contribution in [0.4, 0.5) is 0 Å². The Hall–Kier alpha value is -0.580. The number of halogens is 1. The molecule has 3 nitrogen and oxygen atoms in total. The average Bonchev–Trinajstić information content (AvgIpc) is 2.27. The van der Waals surface area contributed by atoms with E-state index in [0.717, 1.165) is 15.8 Å². The van der Waals surface area contributed by atoms with Crippen molar-refractivity contribution in [1.82, 2.24) is 0 Å². The largest absolute Gasteiger partial charge is 0.496 e. The highest BCUT2D eigenvalue weighted by Gasteiger charge is 2.07. The predicted octanol–water partition coefficient (Wildman–Crippen LogP) is 3.01. The van der Waals surface area contributed by atoms with Crippen LogP contribution in [0, 0.1) is 0 Å². The number of ether oxygens (including phenoxy) is 3. The zero-order chi connectivity index (χ0) is 12.0. The minimum atomic E-state index is 0.0775. The summed E-state index contributed by atoms with van der Waals surface area (Å²) in [5.41, 5.74) is 1.03. The highest BCUT2D eigenvalue weighted by Crippen LogP contribution is 2.23. The van der Waals surface area contributed by atoms with E-state index in [1.165, 1.54) is 0 Å². The van der Waals surface area contributed by atoms with Crippen molar-refractivity contribution in [3.8, 4) is 5.75 Å². The van der Waals surface area contributed by atoms with Gasteiger partial charge in [-0.05, 0) is 25.1 Å². The molecule has 1 rings (SSSR count). The van der Waals surface area contributed by atoms with Crippen LogP contribution in [0.5, 0.6) is 5.75 Å². The van der Waals surface area contributed by atoms with Gasteiger partial charge in [-0.15, -0.1) is 0 Å². The van der Waals surface area contributed by atoms with Gasteiger partial charge in [0, 0.05) is 17.1 Å². The molecular formula is C12H17BrO3. The van der Waals surface area contributed by atoms with Crippen molar-refractivity contribution in [2.24, 2.45) is 0 Å². The summed E-state index contributed by atoms with van der Waals surface area (Å²) in [5.74, 6) is 0.841. The topological polar surface area (TPSA) is 27.7 Å². The summed E-state index contributed by atoms with van der Waals surface area (Å²) in [6.07, 6.45) is 0.0775. The lowest BCUT2D eigenvalue weighted by atomic mass is 10.2. The molecule has 0 radical (unpaired) electrons. The fourth-order valence-corrected chi connectivity index (χ4v) is 1.78. The van der Waals surface area contributed by atoms with Crippen molar-refractivity contribution in [2.75, 3.05) is 20.8 Å². The quantitative estimate of drug-likeness (QED) is 0.805. The number of methoxy groups -OCH3 is 2. The first-order valence-electron chi connectivity index (χ1n) is 5.10. The third-order valence-electron chi connectivity index (χ3n) is 2.17. The van der Waals surface area contributed by atoms with Gasteiger partial charge in [-0.3, -0.25) is 0 Å². The molecule has 90 valence electrons. The highest BCUT2D eigenvalue weighted by atomic mass is 79.9. The molecule has 16 heavy (non-hydrogen) atoms. The minimum Gasteiger partial charge on any atom is -0.496 e. The molecule has 1 aromatic rings. The Morgan fingerprint density at radius 1 is 1.31 bits per heavy atom. The molecule has 1 atom stereocenters. The smallest absolute Gasteiger partial charge is 0.124 e. The Morgan fingerprint density at radius 2 is 2.06 bits per heavy atom. The summed E-state index contributed by atoms with van der Waals surface area (Å²) in [5, 5.41) is 0.